The van der Waals surface area contributed by atoms with Crippen molar-refractivity contribution in [3.8, 4) is 0 Å². The number of nitrogens with zero attached hydrogens (tertiary/aromatic N) is 1. The molecule has 2 rings (SSSR count). The van der Waals surface area contributed by atoms with Crippen LogP contribution in [0.25, 0.3) is 0 Å². The first-order valence-electron chi connectivity index (χ1n) is 6.39. The summed E-state index contributed by atoms with van der Waals surface area (Å²) in [6, 6.07) is 8.50. The van der Waals surface area contributed by atoms with Gasteiger partial charge in [-0.3, -0.25) is 0 Å². The summed E-state index contributed by atoms with van der Waals surface area (Å²) in [6.07, 6.45) is 2.22. The Kier molecular flexibility index (Phi) is 4.43. The van der Waals surface area contributed by atoms with Crippen molar-refractivity contribution in [1.82, 2.24) is 4.90 Å². The standard InChI is InChI=1S/C14H21ClN2/c1-2-17-9-12(8-14(16)10-17)6-11-4-3-5-13(15)7-11/h3-5,7,12,14H,2,6,8-10,16H2,1H3. The van der Waals surface area contributed by atoms with Crippen molar-refractivity contribution in [1.29, 1.82) is 0 Å². The lowest BCUT2D eigenvalue weighted by atomic mass is 9.89. The molecule has 1 aliphatic heterocycles. The lowest BCUT2D eigenvalue weighted by Crippen LogP contribution is -2.47. The smallest absolute Gasteiger partial charge is 0.0408 e. The molecule has 1 saturated heterocycles. The predicted molar refractivity (Wildman–Crippen MR) is 73.4 cm³/mol. The average molecular weight is 253 g/mol. The second-order valence-corrected chi connectivity index (χ2v) is 5.48. The van der Waals surface area contributed by atoms with Crippen molar-refractivity contribution in [2.24, 2.45) is 11.7 Å². The number of likely N-dealkylation sites (tertiary alicyclic amines) is 1. The van der Waals surface area contributed by atoms with Gasteiger partial charge in [0.25, 0.3) is 0 Å². The van der Waals surface area contributed by atoms with Crippen molar-refractivity contribution < 1.29 is 0 Å². The Morgan fingerprint density at radius 3 is 2.94 bits per heavy atom. The summed E-state index contributed by atoms with van der Waals surface area (Å²) in [5.41, 5.74) is 7.43. The highest BCUT2D eigenvalue weighted by molar-refractivity contribution is 6.30. The van der Waals surface area contributed by atoms with Gasteiger partial charge in [0.2, 0.25) is 0 Å². The number of benzene rings is 1. The van der Waals surface area contributed by atoms with E-state index in [1.807, 2.05) is 12.1 Å². The molecule has 1 heterocycles. The molecule has 0 spiro atoms. The minimum atomic E-state index is 0.327. The molecule has 1 aromatic carbocycles. The molecule has 0 aromatic heterocycles. The summed E-state index contributed by atoms with van der Waals surface area (Å²) >= 11 is 6.01. The minimum Gasteiger partial charge on any atom is -0.327 e. The van der Waals surface area contributed by atoms with Gasteiger partial charge in [-0.25, -0.2) is 0 Å². The van der Waals surface area contributed by atoms with Crippen molar-refractivity contribution in [2.45, 2.75) is 25.8 Å². The number of rotatable bonds is 3. The summed E-state index contributed by atoms with van der Waals surface area (Å²) in [5, 5.41) is 0.829. The number of hydrogen-bond acceptors (Lipinski definition) is 2. The maximum atomic E-state index is 6.11. The fourth-order valence-electron chi connectivity index (χ4n) is 2.75. The highest BCUT2D eigenvalue weighted by atomic mass is 35.5. The normalized spacial score (nSPS) is 26.1. The number of halogens is 1. The molecule has 1 aromatic rings. The summed E-state index contributed by atoms with van der Waals surface area (Å²) in [5.74, 6) is 0.664. The van der Waals surface area contributed by atoms with Gasteiger partial charge in [0.1, 0.15) is 0 Å². The fraction of sp³-hybridized carbons (Fsp3) is 0.571. The van der Waals surface area contributed by atoms with Crippen LogP contribution in [0.5, 0.6) is 0 Å². The van der Waals surface area contributed by atoms with E-state index in [1.165, 1.54) is 5.56 Å². The maximum absolute atomic E-state index is 6.11. The van der Waals surface area contributed by atoms with Crippen LogP contribution in [0.15, 0.2) is 24.3 Å². The molecule has 2 unspecified atom stereocenters. The first kappa shape index (κ1) is 12.9. The van der Waals surface area contributed by atoms with E-state index in [0.29, 0.717) is 12.0 Å². The van der Waals surface area contributed by atoms with Gasteiger partial charge >= 0.3 is 0 Å². The minimum absolute atomic E-state index is 0.327. The van der Waals surface area contributed by atoms with Gasteiger partial charge in [-0.1, -0.05) is 30.7 Å². The second-order valence-electron chi connectivity index (χ2n) is 5.05. The Bertz CT molecular complexity index is 367. The van der Waals surface area contributed by atoms with Crippen molar-refractivity contribution >= 4 is 11.6 Å². The first-order chi connectivity index (χ1) is 8.17. The molecule has 0 aliphatic carbocycles. The van der Waals surface area contributed by atoms with Gasteiger partial charge in [-0.15, -0.1) is 0 Å². The van der Waals surface area contributed by atoms with Gasteiger partial charge < -0.3 is 10.6 Å². The van der Waals surface area contributed by atoms with E-state index in [0.717, 1.165) is 37.5 Å². The second kappa shape index (κ2) is 5.85. The number of likely N-dealkylation sites (N-methyl/N-ethyl adjacent to an activating group) is 1. The van der Waals surface area contributed by atoms with E-state index in [-0.39, 0.29) is 0 Å². The quantitative estimate of drug-likeness (QED) is 0.896. The molecule has 17 heavy (non-hydrogen) atoms. The zero-order chi connectivity index (χ0) is 12.3. The van der Waals surface area contributed by atoms with Gasteiger partial charge in [0, 0.05) is 24.2 Å². The van der Waals surface area contributed by atoms with Gasteiger partial charge in [-0.05, 0) is 43.0 Å². The van der Waals surface area contributed by atoms with Crippen LogP contribution in [0.4, 0.5) is 0 Å². The Morgan fingerprint density at radius 2 is 2.24 bits per heavy atom. The summed E-state index contributed by atoms with van der Waals surface area (Å²) < 4.78 is 0. The summed E-state index contributed by atoms with van der Waals surface area (Å²) in [6.45, 7) is 5.51. The Morgan fingerprint density at radius 1 is 1.41 bits per heavy atom. The molecule has 0 bridgehead atoms. The third-order valence-electron chi connectivity index (χ3n) is 3.51. The van der Waals surface area contributed by atoms with Crippen LogP contribution in [-0.2, 0) is 6.42 Å². The fourth-order valence-corrected chi connectivity index (χ4v) is 2.96. The predicted octanol–water partition coefficient (Wildman–Crippen LogP) is 2.55. The third-order valence-corrected chi connectivity index (χ3v) is 3.74. The zero-order valence-electron chi connectivity index (χ0n) is 10.4. The van der Waals surface area contributed by atoms with E-state index in [1.54, 1.807) is 0 Å². The van der Waals surface area contributed by atoms with Crippen LogP contribution in [0.3, 0.4) is 0 Å². The van der Waals surface area contributed by atoms with Crippen LogP contribution >= 0.6 is 11.6 Å². The topological polar surface area (TPSA) is 29.3 Å². The van der Waals surface area contributed by atoms with Crippen LogP contribution in [-0.4, -0.2) is 30.6 Å². The highest BCUT2D eigenvalue weighted by Gasteiger charge is 2.24. The van der Waals surface area contributed by atoms with Gasteiger partial charge in [-0.2, -0.15) is 0 Å². The zero-order valence-corrected chi connectivity index (χ0v) is 11.2. The van der Waals surface area contributed by atoms with Gasteiger partial charge in [0.05, 0.1) is 0 Å². The SMILES string of the molecule is CCN1CC(N)CC(Cc2cccc(Cl)c2)C1. The van der Waals surface area contributed by atoms with E-state index in [4.69, 9.17) is 17.3 Å². The van der Waals surface area contributed by atoms with Crippen molar-refractivity contribution in [3.63, 3.8) is 0 Å². The van der Waals surface area contributed by atoms with E-state index in [9.17, 15) is 0 Å². The molecule has 1 fully saturated rings. The lowest BCUT2D eigenvalue weighted by molar-refractivity contribution is 0.163. The monoisotopic (exact) mass is 252 g/mol. The maximum Gasteiger partial charge on any atom is 0.0408 e. The van der Waals surface area contributed by atoms with E-state index in [2.05, 4.69) is 24.0 Å². The Balaban J connectivity index is 1.98. The average Bonchev–Trinajstić information content (AvgIpc) is 2.28. The molecule has 0 amide bonds. The van der Waals surface area contributed by atoms with Crippen LogP contribution in [0.2, 0.25) is 5.02 Å². The van der Waals surface area contributed by atoms with Crippen LogP contribution in [0, 0.1) is 5.92 Å². The van der Waals surface area contributed by atoms with Crippen LogP contribution in [0.1, 0.15) is 18.9 Å². The Labute approximate surface area is 109 Å². The summed E-state index contributed by atoms with van der Waals surface area (Å²) in [7, 11) is 0. The lowest BCUT2D eigenvalue weighted by Gasteiger charge is -2.35. The van der Waals surface area contributed by atoms with Crippen molar-refractivity contribution in [2.75, 3.05) is 19.6 Å². The first-order valence-corrected chi connectivity index (χ1v) is 6.77. The molecular formula is C14H21ClN2. The molecule has 3 heteroatoms. The van der Waals surface area contributed by atoms with E-state index >= 15 is 0 Å². The van der Waals surface area contributed by atoms with Gasteiger partial charge in [0.15, 0.2) is 0 Å². The van der Waals surface area contributed by atoms with Crippen LogP contribution < -0.4 is 5.73 Å². The number of nitrogens with two attached hydrogens (primary N) is 1. The van der Waals surface area contributed by atoms with Crippen molar-refractivity contribution in [3.05, 3.63) is 34.9 Å². The third kappa shape index (κ3) is 3.70. The molecule has 94 valence electrons. The molecular weight excluding hydrogens is 232 g/mol. The molecule has 2 atom stereocenters. The Hall–Kier alpha value is -0.570. The largest absolute Gasteiger partial charge is 0.327 e. The number of hydrogen-bond donors (Lipinski definition) is 1. The molecule has 1 aliphatic rings. The van der Waals surface area contributed by atoms with E-state index < -0.39 is 0 Å². The summed E-state index contributed by atoms with van der Waals surface area (Å²) in [4.78, 5) is 2.45. The molecule has 2 nitrogen and oxygen atoms in total. The molecule has 2 N–H and O–H groups in total. The molecule has 0 radical (unpaired) electrons. The molecule has 0 saturated carbocycles. The highest BCUT2D eigenvalue weighted by Crippen LogP contribution is 2.21. The number of piperidine rings is 1.